The van der Waals surface area contributed by atoms with Gasteiger partial charge in [-0.2, -0.15) is 10.2 Å². The zero-order valence-electron chi connectivity index (χ0n) is 13.1. The van der Waals surface area contributed by atoms with E-state index in [2.05, 4.69) is 28.5 Å². The maximum atomic E-state index is 6.19. The molecule has 2 unspecified atom stereocenters. The summed E-state index contributed by atoms with van der Waals surface area (Å²) in [6, 6.07) is 2.50. The van der Waals surface area contributed by atoms with Crippen molar-refractivity contribution in [1.82, 2.24) is 15.5 Å². The Morgan fingerprint density at radius 1 is 1.38 bits per heavy atom. The maximum absolute atomic E-state index is 6.19. The molecule has 0 amide bonds. The lowest BCUT2D eigenvalue weighted by Crippen LogP contribution is -2.42. The molecule has 1 spiro atoms. The van der Waals surface area contributed by atoms with E-state index in [0.29, 0.717) is 12.0 Å². The highest BCUT2D eigenvalue weighted by Gasteiger charge is 2.42. The molecule has 2 aliphatic rings. The Balaban J connectivity index is 1.75. The Bertz CT molecular complexity index is 431. The van der Waals surface area contributed by atoms with Crippen molar-refractivity contribution >= 4 is 0 Å². The van der Waals surface area contributed by atoms with Gasteiger partial charge in [0.2, 0.25) is 0 Å². The summed E-state index contributed by atoms with van der Waals surface area (Å²) < 4.78 is 6.19. The molecule has 1 saturated heterocycles. The van der Waals surface area contributed by atoms with Crippen LogP contribution in [0.5, 0.6) is 0 Å². The van der Waals surface area contributed by atoms with E-state index >= 15 is 0 Å². The lowest BCUT2D eigenvalue weighted by molar-refractivity contribution is -0.0982. The molecule has 0 bridgehead atoms. The predicted molar refractivity (Wildman–Crippen MR) is 82.9 cm³/mol. The fourth-order valence-corrected chi connectivity index (χ4v) is 4.06. The second-order valence-corrected chi connectivity index (χ2v) is 6.60. The van der Waals surface area contributed by atoms with Crippen LogP contribution in [0.4, 0.5) is 0 Å². The van der Waals surface area contributed by atoms with Crippen LogP contribution in [-0.4, -0.2) is 29.0 Å². The number of ether oxygens (including phenoxy) is 1. The fraction of sp³-hybridized carbons (Fsp3) is 0.765. The van der Waals surface area contributed by atoms with Gasteiger partial charge in [-0.25, -0.2) is 0 Å². The third-order valence-electron chi connectivity index (χ3n) is 5.10. The standard InChI is InChI=1S/C17H27N3O/c1-2-9-18-16(15-5-10-19-20-13-15)14-6-11-21-17(12-14)7-3-4-8-17/h5,10,13-14,16,18H,2-4,6-9,11-12H2,1H3. The van der Waals surface area contributed by atoms with Crippen LogP contribution < -0.4 is 5.32 Å². The highest BCUT2D eigenvalue weighted by molar-refractivity contribution is 5.14. The highest BCUT2D eigenvalue weighted by atomic mass is 16.5. The lowest BCUT2D eigenvalue weighted by Gasteiger charge is -2.41. The Hall–Kier alpha value is -1.00. The number of rotatable bonds is 5. The van der Waals surface area contributed by atoms with E-state index in [0.717, 1.165) is 26.0 Å². The topological polar surface area (TPSA) is 47.0 Å². The molecule has 1 saturated carbocycles. The molecule has 2 heterocycles. The quantitative estimate of drug-likeness (QED) is 0.904. The van der Waals surface area contributed by atoms with Crippen molar-refractivity contribution in [2.75, 3.05) is 13.2 Å². The monoisotopic (exact) mass is 289 g/mol. The fourth-order valence-electron chi connectivity index (χ4n) is 4.06. The van der Waals surface area contributed by atoms with E-state index in [1.807, 2.05) is 6.20 Å². The molecule has 0 radical (unpaired) electrons. The summed E-state index contributed by atoms with van der Waals surface area (Å²) in [5.74, 6) is 0.646. The van der Waals surface area contributed by atoms with Gasteiger partial charge in [0.15, 0.2) is 0 Å². The molecule has 4 heteroatoms. The average molecular weight is 289 g/mol. The lowest BCUT2D eigenvalue weighted by atomic mass is 9.79. The van der Waals surface area contributed by atoms with Gasteiger partial charge in [0.25, 0.3) is 0 Å². The van der Waals surface area contributed by atoms with Gasteiger partial charge < -0.3 is 10.1 Å². The Labute approximate surface area is 127 Å². The van der Waals surface area contributed by atoms with Crippen LogP contribution in [0.1, 0.15) is 63.5 Å². The van der Waals surface area contributed by atoms with E-state index < -0.39 is 0 Å². The number of nitrogens with zero attached hydrogens (tertiary/aromatic N) is 2. The first-order valence-corrected chi connectivity index (χ1v) is 8.47. The van der Waals surface area contributed by atoms with E-state index in [-0.39, 0.29) is 5.60 Å². The number of hydrogen-bond acceptors (Lipinski definition) is 4. The number of hydrogen-bond donors (Lipinski definition) is 1. The minimum atomic E-state index is 0.176. The molecular weight excluding hydrogens is 262 g/mol. The van der Waals surface area contributed by atoms with Crippen molar-refractivity contribution in [1.29, 1.82) is 0 Å². The summed E-state index contributed by atoms with van der Waals surface area (Å²) in [5.41, 5.74) is 1.45. The van der Waals surface area contributed by atoms with E-state index in [4.69, 9.17) is 4.74 Å². The highest BCUT2D eigenvalue weighted by Crippen LogP contribution is 2.45. The largest absolute Gasteiger partial charge is 0.375 e. The molecule has 2 atom stereocenters. The summed E-state index contributed by atoms with van der Waals surface area (Å²) in [7, 11) is 0. The normalized spacial score (nSPS) is 26.0. The molecule has 1 N–H and O–H groups in total. The van der Waals surface area contributed by atoms with Crippen molar-refractivity contribution in [3.05, 3.63) is 24.0 Å². The molecule has 3 rings (SSSR count). The Kier molecular flexibility index (Phi) is 4.86. The van der Waals surface area contributed by atoms with Crippen molar-refractivity contribution in [2.24, 2.45) is 5.92 Å². The van der Waals surface area contributed by atoms with Crippen LogP contribution in [0.25, 0.3) is 0 Å². The molecule has 21 heavy (non-hydrogen) atoms. The maximum Gasteiger partial charge on any atom is 0.0686 e. The van der Waals surface area contributed by atoms with Crippen LogP contribution in [0.15, 0.2) is 18.5 Å². The zero-order valence-corrected chi connectivity index (χ0v) is 13.1. The van der Waals surface area contributed by atoms with E-state index in [1.165, 1.54) is 37.7 Å². The Morgan fingerprint density at radius 2 is 2.24 bits per heavy atom. The van der Waals surface area contributed by atoms with Crippen LogP contribution >= 0.6 is 0 Å². The van der Waals surface area contributed by atoms with Crippen molar-refractivity contribution < 1.29 is 4.74 Å². The minimum absolute atomic E-state index is 0.176. The van der Waals surface area contributed by atoms with Crippen molar-refractivity contribution in [2.45, 2.75) is 63.5 Å². The molecule has 4 nitrogen and oxygen atoms in total. The molecule has 2 fully saturated rings. The molecule has 1 aliphatic carbocycles. The minimum Gasteiger partial charge on any atom is -0.375 e. The molecule has 116 valence electrons. The third-order valence-corrected chi connectivity index (χ3v) is 5.10. The first-order chi connectivity index (χ1) is 10.3. The van der Waals surface area contributed by atoms with Gasteiger partial charge in [-0.15, -0.1) is 0 Å². The molecule has 1 aromatic heterocycles. The van der Waals surface area contributed by atoms with Gasteiger partial charge in [0.05, 0.1) is 11.8 Å². The summed E-state index contributed by atoms with van der Waals surface area (Å²) in [6.07, 6.45) is 12.4. The average Bonchev–Trinajstić information content (AvgIpc) is 2.97. The van der Waals surface area contributed by atoms with Crippen LogP contribution in [0.3, 0.4) is 0 Å². The molecule has 1 aliphatic heterocycles. The van der Waals surface area contributed by atoms with E-state index in [9.17, 15) is 0 Å². The van der Waals surface area contributed by atoms with Crippen molar-refractivity contribution in [3.8, 4) is 0 Å². The van der Waals surface area contributed by atoms with Crippen LogP contribution in [0.2, 0.25) is 0 Å². The zero-order chi connectivity index (χ0) is 14.5. The summed E-state index contributed by atoms with van der Waals surface area (Å²) in [6.45, 7) is 4.18. The second kappa shape index (κ2) is 6.84. The Morgan fingerprint density at radius 3 is 2.95 bits per heavy atom. The van der Waals surface area contributed by atoms with Crippen LogP contribution in [-0.2, 0) is 4.74 Å². The number of nitrogens with one attached hydrogen (secondary N) is 1. The van der Waals surface area contributed by atoms with E-state index in [1.54, 1.807) is 6.20 Å². The third kappa shape index (κ3) is 3.43. The molecular formula is C17H27N3O. The van der Waals surface area contributed by atoms with Gasteiger partial charge >= 0.3 is 0 Å². The number of aromatic nitrogens is 2. The van der Waals surface area contributed by atoms with Gasteiger partial charge in [-0.05, 0) is 56.2 Å². The second-order valence-electron chi connectivity index (χ2n) is 6.60. The molecule has 0 aromatic carbocycles. The predicted octanol–water partition coefficient (Wildman–Crippen LogP) is 3.26. The SMILES string of the molecule is CCCNC(c1ccnnc1)C1CCOC2(CCCC2)C1. The summed E-state index contributed by atoms with van der Waals surface area (Å²) >= 11 is 0. The summed E-state index contributed by atoms with van der Waals surface area (Å²) in [5, 5.41) is 11.7. The van der Waals surface area contributed by atoms with Gasteiger partial charge in [-0.3, -0.25) is 0 Å². The summed E-state index contributed by atoms with van der Waals surface area (Å²) in [4.78, 5) is 0. The van der Waals surface area contributed by atoms with Gasteiger partial charge in [-0.1, -0.05) is 19.8 Å². The first-order valence-electron chi connectivity index (χ1n) is 8.47. The van der Waals surface area contributed by atoms with Crippen molar-refractivity contribution in [3.63, 3.8) is 0 Å². The van der Waals surface area contributed by atoms with Crippen LogP contribution in [0, 0.1) is 5.92 Å². The van der Waals surface area contributed by atoms with Gasteiger partial charge in [0, 0.05) is 18.8 Å². The molecule has 1 aromatic rings. The smallest absolute Gasteiger partial charge is 0.0686 e. The first kappa shape index (κ1) is 14.9. The van der Waals surface area contributed by atoms with Gasteiger partial charge in [0.1, 0.15) is 0 Å².